The van der Waals surface area contributed by atoms with Crippen LogP contribution in [0.2, 0.25) is 10.0 Å². The second kappa shape index (κ2) is 7.35. The molecule has 0 fully saturated rings. The molecule has 0 aliphatic rings. The Balaban J connectivity index is 2.12. The third-order valence-corrected chi connectivity index (χ3v) is 3.59. The minimum atomic E-state index is -0.782. The summed E-state index contributed by atoms with van der Waals surface area (Å²) < 4.78 is 10.1. The molecule has 120 valence electrons. The highest BCUT2D eigenvalue weighted by Gasteiger charge is 2.18. The Labute approximate surface area is 142 Å². The number of nitrogens with two attached hydrogens (primary N) is 1. The maximum Gasteiger partial charge on any atom is 0.340 e. The maximum atomic E-state index is 12.1. The number of benzene rings is 2. The molecule has 0 heterocycles. The van der Waals surface area contributed by atoms with Crippen molar-refractivity contribution in [1.29, 1.82) is 0 Å². The number of ether oxygens (including phenoxy) is 2. The second-order valence-corrected chi connectivity index (χ2v) is 5.39. The second-order valence-electron chi connectivity index (χ2n) is 4.55. The molecule has 2 N–H and O–H groups in total. The Hall–Kier alpha value is -2.24. The number of carbonyl (C=O) groups is 2. The number of para-hydroxylation sites is 1. The van der Waals surface area contributed by atoms with Crippen LogP contribution < -0.4 is 10.5 Å². The van der Waals surface area contributed by atoms with Crippen molar-refractivity contribution in [3.05, 3.63) is 57.6 Å². The number of ketones is 1. The fraction of sp³-hybridized carbons (Fsp3) is 0.125. The van der Waals surface area contributed by atoms with E-state index in [1.54, 1.807) is 24.3 Å². The highest BCUT2D eigenvalue weighted by atomic mass is 35.5. The molecule has 0 aliphatic carbocycles. The summed E-state index contributed by atoms with van der Waals surface area (Å²) in [6, 6.07) is 9.39. The zero-order chi connectivity index (χ0) is 17.0. The van der Waals surface area contributed by atoms with Crippen molar-refractivity contribution in [2.75, 3.05) is 19.5 Å². The number of rotatable bonds is 5. The van der Waals surface area contributed by atoms with Gasteiger partial charge in [0.2, 0.25) is 5.78 Å². The van der Waals surface area contributed by atoms with E-state index in [2.05, 4.69) is 0 Å². The number of esters is 1. The van der Waals surface area contributed by atoms with Crippen molar-refractivity contribution in [3.63, 3.8) is 0 Å². The van der Waals surface area contributed by atoms with E-state index in [0.717, 1.165) is 0 Å². The molecule has 0 amide bonds. The van der Waals surface area contributed by atoms with Gasteiger partial charge < -0.3 is 15.2 Å². The quantitative estimate of drug-likeness (QED) is 0.504. The average molecular weight is 354 g/mol. The number of carbonyl (C=O) groups excluding carboxylic acids is 2. The molecule has 0 saturated heterocycles. The first-order valence-electron chi connectivity index (χ1n) is 6.52. The molecule has 0 unspecified atom stereocenters. The topological polar surface area (TPSA) is 78.6 Å². The van der Waals surface area contributed by atoms with Crippen LogP contribution in [-0.4, -0.2) is 25.5 Å². The Morgan fingerprint density at radius 1 is 1.13 bits per heavy atom. The van der Waals surface area contributed by atoms with Gasteiger partial charge in [-0.2, -0.15) is 0 Å². The zero-order valence-corrected chi connectivity index (χ0v) is 13.6. The molecule has 0 aromatic heterocycles. The fourth-order valence-electron chi connectivity index (χ4n) is 1.92. The van der Waals surface area contributed by atoms with Crippen LogP contribution in [0.25, 0.3) is 0 Å². The molecule has 2 aromatic carbocycles. The maximum absolute atomic E-state index is 12.1. The lowest BCUT2D eigenvalue weighted by Crippen LogP contribution is -2.16. The largest absolute Gasteiger partial charge is 0.496 e. The summed E-state index contributed by atoms with van der Waals surface area (Å²) in [5, 5.41) is 0.382. The van der Waals surface area contributed by atoms with E-state index in [1.165, 1.54) is 19.2 Å². The number of nitrogen functional groups attached to an aromatic ring is 1. The van der Waals surface area contributed by atoms with Crippen LogP contribution in [0.4, 0.5) is 5.69 Å². The van der Waals surface area contributed by atoms with Gasteiger partial charge in [-0.15, -0.1) is 0 Å². The first kappa shape index (κ1) is 17.1. The van der Waals surface area contributed by atoms with E-state index in [4.69, 9.17) is 38.4 Å². The molecule has 0 aliphatic heterocycles. The lowest BCUT2D eigenvalue weighted by Gasteiger charge is -2.10. The number of Topliss-reactive ketones (excluding diaryl/α,β-unsaturated/α-hetero) is 1. The molecule has 0 bridgehead atoms. The number of methoxy groups -OCH3 is 1. The monoisotopic (exact) mass is 353 g/mol. The standard InChI is InChI=1S/C16H13Cl2NO4/c1-22-14-5-3-2-4-10(14)13(20)8-23-16(21)11-6-9(17)7-12(18)15(11)19/h2-7H,8,19H2,1H3. The van der Waals surface area contributed by atoms with E-state index in [1.807, 2.05) is 0 Å². The normalized spacial score (nSPS) is 10.2. The number of hydrogen-bond acceptors (Lipinski definition) is 5. The van der Waals surface area contributed by atoms with Crippen molar-refractivity contribution < 1.29 is 19.1 Å². The summed E-state index contributed by atoms with van der Waals surface area (Å²) in [6.07, 6.45) is 0. The Morgan fingerprint density at radius 2 is 1.83 bits per heavy atom. The van der Waals surface area contributed by atoms with Crippen LogP contribution in [0.15, 0.2) is 36.4 Å². The number of anilines is 1. The van der Waals surface area contributed by atoms with Gasteiger partial charge in [0.1, 0.15) is 5.75 Å². The van der Waals surface area contributed by atoms with Gasteiger partial charge in [-0.25, -0.2) is 4.79 Å². The highest BCUT2D eigenvalue weighted by molar-refractivity contribution is 6.37. The SMILES string of the molecule is COc1ccccc1C(=O)COC(=O)c1cc(Cl)cc(Cl)c1N. The van der Waals surface area contributed by atoms with Gasteiger partial charge in [0.15, 0.2) is 6.61 Å². The molecule has 0 spiro atoms. The van der Waals surface area contributed by atoms with Gasteiger partial charge in [-0.05, 0) is 24.3 Å². The first-order chi connectivity index (χ1) is 10.9. The van der Waals surface area contributed by atoms with Crippen molar-refractivity contribution in [2.24, 2.45) is 0 Å². The molecule has 5 nitrogen and oxygen atoms in total. The summed E-state index contributed by atoms with van der Waals surface area (Å²) in [5.74, 6) is -0.781. The molecule has 0 saturated carbocycles. The summed E-state index contributed by atoms with van der Waals surface area (Å²) in [5.41, 5.74) is 6.10. The highest BCUT2D eigenvalue weighted by Crippen LogP contribution is 2.28. The van der Waals surface area contributed by atoms with Gasteiger partial charge in [0.25, 0.3) is 0 Å². The zero-order valence-electron chi connectivity index (χ0n) is 12.1. The van der Waals surface area contributed by atoms with Crippen molar-refractivity contribution in [1.82, 2.24) is 0 Å². The van der Waals surface area contributed by atoms with Gasteiger partial charge >= 0.3 is 5.97 Å². The van der Waals surface area contributed by atoms with E-state index in [-0.39, 0.29) is 21.3 Å². The fourth-order valence-corrected chi connectivity index (χ4v) is 2.41. The minimum Gasteiger partial charge on any atom is -0.496 e. The minimum absolute atomic E-state index is 0.00956. The molecule has 23 heavy (non-hydrogen) atoms. The average Bonchev–Trinajstić information content (AvgIpc) is 2.55. The molecular formula is C16H13Cl2NO4. The molecule has 7 heteroatoms. The molecule has 0 radical (unpaired) electrons. The van der Waals surface area contributed by atoms with Crippen molar-refractivity contribution in [2.45, 2.75) is 0 Å². The number of halogens is 2. The van der Waals surface area contributed by atoms with Crippen molar-refractivity contribution in [3.8, 4) is 5.75 Å². The summed E-state index contributed by atoms with van der Waals surface area (Å²) in [7, 11) is 1.45. The first-order valence-corrected chi connectivity index (χ1v) is 7.27. The molecule has 2 aromatic rings. The van der Waals surface area contributed by atoms with Crippen molar-refractivity contribution >= 4 is 40.6 Å². The van der Waals surface area contributed by atoms with Crippen LogP contribution in [0.1, 0.15) is 20.7 Å². The molecular weight excluding hydrogens is 341 g/mol. The van der Waals surface area contributed by atoms with E-state index >= 15 is 0 Å². The molecule has 2 rings (SSSR count). The predicted octanol–water partition coefficient (Wildman–Crippen LogP) is 3.62. The van der Waals surface area contributed by atoms with E-state index < -0.39 is 18.4 Å². The van der Waals surface area contributed by atoms with Crippen LogP contribution >= 0.6 is 23.2 Å². The van der Waals surface area contributed by atoms with Gasteiger partial charge in [0.05, 0.1) is 28.9 Å². The van der Waals surface area contributed by atoms with Crippen LogP contribution in [0.5, 0.6) is 5.75 Å². The summed E-state index contributed by atoms with van der Waals surface area (Å²) in [6.45, 7) is -0.456. The third-order valence-electron chi connectivity index (χ3n) is 3.06. The van der Waals surface area contributed by atoms with E-state index in [9.17, 15) is 9.59 Å². The summed E-state index contributed by atoms with van der Waals surface area (Å²) in [4.78, 5) is 24.2. The van der Waals surface area contributed by atoms with Gasteiger partial charge in [-0.3, -0.25) is 4.79 Å². The van der Waals surface area contributed by atoms with Crippen LogP contribution in [0.3, 0.4) is 0 Å². The number of hydrogen-bond donors (Lipinski definition) is 1. The Bertz CT molecular complexity index is 762. The smallest absolute Gasteiger partial charge is 0.340 e. The lowest BCUT2D eigenvalue weighted by atomic mass is 10.1. The van der Waals surface area contributed by atoms with Crippen LogP contribution in [-0.2, 0) is 4.74 Å². The van der Waals surface area contributed by atoms with E-state index in [0.29, 0.717) is 11.3 Å². The van der Waals surface area contributed by atoms with Crippen LogP contribution in [0, 0.1) is 0 Å². The van der Waals surface area contributed by atoms with Gasteiger partial charge in [-0.1, -0.05) is 35.3 Å². The Kier molecular flexibility index (Phi) is 5.47. The van der Waals surface area contributed by atoms with Gasteiger partial charge in [0, 0.05) is 5.02 Å². The lowest BCUT2D eigenvalue weighted by molar-refractivity contribution is 0.0475. The Morgan fingerprint density at radius 3 is 2.52 bits per heavy atom. The summed E-state index contributed by atoms with van der Waals surface area (Å²) >= 11 is 11.7. The third kappa shape index (κ3) is 3.94. The predicted molar refractivity (Wildman–Crippen MR) is 88.5 cm³/mol. The molecule has 0 atom stereocenters.